The number of rotatable bonds is 30. The summed E-state index contributed by atoms with van der Waals surface area (Å²) in [6.45, 7) is 31.2. The first-order valence-corrected chi connectivity index (χ1v) is 44.1. The Morgan fingerprint density at radius 3 is 1.02 bits per heavy atom. The van der Waals surface area contributed by atoms with E-state index >= 15 is 0 Å². The lowest BCUT2D eigenvalue weighted by Gasteiger charge is -2.35. The third-order valence-electron chi connectivity index (χ3n) is 24.6. The number of ether oxygens (including phenoxy) is 4. The fourth-order valence-electron chi connectivity index (χ4n) is 15.4. The van der Waals surface area contributed by atoms with Gasteiger partial charge in [-0.3, -0.25) is 50.6 Å². The third kappa shape index (κ3) is 23.1. The van der Waals surface area contributed by atoms with Crippen LogP contribution in [0.25, 0.3) is 22.8 Å². The molecule has 6 N–H and O–H groups in total. The lowest BCUT2D eigenvalue weighted by atomic mass is 9.68. The number of nitrogens with zero attached hydrogens (tertiary/aromatic N) is 9. The minimum Gasteiger partial charge on any atom is -0.487 e. The van der Waals surface area contributed by atoms with Crippen molar-refractivity contribution in [2.24, 2.45) is 29.5 Å². The Morgan fingerprint density at radius 1 is 0.406 bits per heavy atom. The third-order valence-corrected chi connectivity index (χ3v) is 25.1. The molecule has 1 aliphatic rings. The first kappa shape index (κ1) is 93.9. The van der Waals surface area contributed by atoms with Crippen LogP contribution in [-0.4, -0.2) is 75.0 Å². The number of fused-ring (bicyclic) bond motifs is 1. The smallest absolute Gasteiger partial charge is 0.269 e. The molecule has 14 aromatic rings. The SMILES string of the molecule is CC(C)C(C)(c1ccc(OCc2ccccn2)cc1)c1ccc(-c2nnc(CCl)o2)cc1.CC(C)C(C)(c1ccc(OCc2ccccn2)cc1)c1ccc(-c2nnc3n2CCNC3)cc1.CC(C)C(C)(c1ccc(OCc2ccccn2)cc1)c1ccc(C(=O)NN)cc1.CC(C)C(C)(c1ccc(OCc2ccccn2)cc1)c1ccc(C(=O)NNC(=O)CCl)cc1. The van der Waals surface area contributed by atoms with E-state index in [1.165, 1.54) is 27.8 Å². The van der Waals surface area contributed by atoms with Crippen LogP contribution in [0.5, 0.6) is 23.0 Å². The van der Waals surface area contributed by atoms with Gasteiger partial charge >= 0.3 is 0 Å². The summed E-state index contributed by atoms with van der Waals surface area (Å²) in [6, 6.07) is 88.5. The van der Waals surface area contributed by atoms with Crippen LogP contribution in [0.4, 0.5) is 0 Å². The minimum absolute atomic E-state index is 0.133. The molecule has 15 rings (SSSR count). The van der Waals surface area contributed by atoms with Gasteiger partial charge in [0.05, 0.1) is 29.3 Å². The van der Waals surface area contributed by atoms with Crippen LogP contribution in [0.2, 0.25) is 0 Å². The number of hydrazine groups is 2. The predicted molar refractivity (Wildman–Crippen MR) is 503 cm³/mol. The number of pyridine rings is 4. The molecule has 8 aromatic carbocycles. The molecule has 3 amide bonds. The zero-order valence-electron chi connectivity index (χ0n) is 74.5. The maximum Gasteiger partial charge on any atom is 0.269 e. The van der Waals surface area contributed by atoms with Gasteiger partial charge in [-0.1, -0.05) is 217 Å². The number of nitrogens with one attached hydrogen (secondary N) is 4. The molecule has 0 aliphatic carbocycles. The number of benzene rings is 8. The average Bonchev–Trinajstić information content (AvgIpc) is 1.10. The first-order valence-electron chi connectivity index (χ1n) is 43.0. The summed E-state index contributed by atoms with van der Waals surface area (Å²) in [5.74, 6) is 11.6. The Kier molecular flexibility index (Phi) is 32.5. The van der Waals surface area contributed by atoms with Crippen LogP contribution in [-0.2, 0) is 71.9 Å². The Labute approximate surface area is 760 Å². The lowest BCUT2D eigenvalue weighted by molar-refractivity contribution is -0.119. The molecule has 660 valence electrons. The number of alkyl halides is 2. The molecule has 0 spiro atoms. The summed E-state index contributed by atoms with van der Waals surface area (Å²) in [7, 11) is 0. The maximum absolute atomic E-state index is 12.2. The molecule has 4 atom stereocenters. The highest BCUT2D eigenvalue weighted by Gasteiger charge is 2.37. The van der Waals surface area contributed by atoms with E-state index in [0.717, 1.165) is 105 Å². The molecule has 1 aliphatic heterocycles. The van der Waals surface area contributed by atoms with Crippen LogP contribution in [0.15, 0.2) is 296 Å². The Balaban J connectivity index is 0.000000155. The predicted octanol–water partition coefficient (Wildman–Crippen LogP) is 20.2. The topological polar surface area (TPSA) is 283 Å². The first-order chi connectivity index (χ1) is 61.8. The molecular weight excluding hydrogens is 1640 g/mol. The van der Waals surface area contributed by atoms with E-state index in [2.05, 4.69) is 247 Å². The number of aromatic nitrogens is 9. The van der Waals surface area contributed by atoms with Crippen LogP contribution in [0.3, 0.4) is 0 Å². The van der Waals surface area contributed by atoms with Crippen LogP contribution in [0.1, 0.15) is 183 Å². The van der Waals surface area contributed by atoms with Gasteiger partial charge in [-0.05, 0) is 202 Å². The summed E-state index contributed by atoms with van der Waals surface area (Å²) >= 11 is 11.2. The molecule has 0 bridgehead atoms. The summed E-state index contributed by atoms with van der Waals surface area (Å²) in [5.41, 5.74) is 22.1. The van der Waals surface area contributed by atoms with Gasteiger partial charge in [-0.25, -0.2) is 5.84 Å². The fraction of sp³-hybridized carbons (Fsp3) is 0.279. The normalized spacial score (nSPS) is 13.5. The Hall–Kier alpha value is -13.3. The molecular formula is C104H112Cl2N14O8. The molecule has 4 unspecified atom stereocenters. The van der Waals surface area contributed by atoms with Crippen molar-refractivity contribution in [3.8, 4) is 45.8 Å². The maximum atomic E-state index is 12.2. The van der Waals surface area contributed by atoms with Gasteiger partial charge in [0.15, 0.2) is 5.82 Å². The number of nitrogen functional groups attached to an aromatic ring is 1. The number of amides is 3. The Morgan fingerprint density at radius 2 is 0.727 bits per heavy atom. The van der Waals surface area contributed by atoms with E-state index < -0.39 is 11.8 Å². The van der Waals surface area contributed by atoms with Crippen molar-refractivity contribution < 1.29 is 37.7 Å². The quantitative estimate of drug-likeness (QED) is 0.0121. The largest absolute Gasteiger partial charge is 0.487 e. The van der Waals surface area contributed by atoms with E-state index in [1.54, 1.807) is 36.9 Å². The summed E-state index contributed by atoms with van der Waals surface area (Å²) in [5, 5.41) is 20.2. The van der Waals surface area contributed by atoms with Gasteiger partial charge in [-0.15, -0.1) is 43.6 Å². The molecule has 0 saturated heterocycles. The van der Waals surface area contributed by atoms with Gasteiger partial charge in [0.2, 0.25) is 11.8 Å². The highest BCUT2D eigenvalue weighted by Crippen LogP contribution is 2.45. The van der Waals surface area contributed by atoms with Gasteiger partial charge in [-0.2, -0.15) is 0 Å². The zero-order chi connectivity index (χ0) is 90.8. The molecule has 22 nitrogen and oxygen atoms in total. The molecule has 0 saturated carbocycles. The van der Waals surface area contributed by atoms with E-state index in [4.69, 9.17) is 52.4 Å². The molecule has 0 radical (unpaired) electrons. The molecule has 6 aromatic heterocycles. The van der Waals surface area contributed by atoms with Crippen molar-refractivity contribution in [3.05, 3.63) is 382 Å². The van der Waals surface area contributed by atoms with Crippen molar-refractivity contribution in [2.75, 3.05) is 12.4 Å². The zero-order valence-corrected chi connectivity index (χ0v) is 76.0. The Bertz CT molecular complexity index is 5830. The summed E-state index contributed by atoms with van der Waals surface area (Å²) < 4.78 is 31.4. The second kappa shape index (κ2) is 44.3. The van der Waals surface area contributed by atoms with Gasteiger partial charge in [0.25, 0.3) is 17.7 Å². The fourth-order valence-corrected chi connectivity index (χ4v) is 15.6. The van der Waals surface area contributed by atoms with Crippen molar-refractivity contribution in [1.82, 2.24) is 66.5 Å². The highest BCUT2D eigenvalue weighted by atomic mass is 35.5. The van der Waals surface area contributed by atoms with E-state index in [-0.39, 0.29) is 39.3 Å². The standard InChI is InChI=1S/C28H31N5O.C26H28ClN3O3.C26H26ClN3O2.C24H27N3O2/c1-20(2)28(3,23-11-13-25(14-12-23)34-19-24-6-4-5-15-30-24)22-9-7-21(8-10-22)27-32-31-26-18-29-16-17-33(26)27;1-18(2)26(3,20-9-7-19(8-10-20)25(32)30-29-24(31)16-27)21-11-13-23(14-12-21)33-17-22-6-4-5-15-28-22;1-18(2)26(3,20-9-7-19(8-10-20)25-30-29-24(16-27)32-25)21-11-13-23(14-12-21)31-17-22-6-4-5-15-28-22;1-17(2)24(3,19-9-7-18(8-10-19)23(28)27-25)20-11-13-22(14-12-20)29-16-21-6-4-5-15-26-21/h4-15,20,29H,16-19H2,1-3H3;4-15,18H,16-17H2,1-3H3,(H,29,31)(H,30,32);4-15,18H,16-17H2,1-3H3;4-15,17H,16,25H2,1-3H3,(H,27,28). The van der Waals surface area contributed by atoms with Crippen molar-refractivity contribution in [2.45, 2.75) is 150 Å². The number of carbonyl (C=O) groups is 3. The second-order valence-corrected chi connectivity index (χ2v) is 33.8. The van der Waals surface area contributed by atoms with Crippen molar-refractivity contribution in [1.29, 1.82) is 0 Å². The van der Waals surface area contributed by atoms with Gasteiger partial charge in [0.1, 0.15) is 67.0 Å². The van der Waals surface area contributed by atoms with E-state index in [9.17, 15) is 14.4 Å². The molecule has 0 fully saturated rings. The van der Waals surface area contributed by atoms with Crippen molar-refractivity contribution >= 4 is 40.9 Å². The molecule has 24 heteroatoms. The number of hydrogen-bond donors (Lipinski definition) is 5. The van der Waals surface area contributed by atoms with Crippen LogP contribution >= 0.6 is 23.2 Å². The molecule has 128 heavy (non-hydrogen) atoms. The second-order valence-electron chi connectivity index (χ2n) is 33.3. The van der Waals surface area contributed by atoms with Gasteiger partial charge < -0.3 is 33.2 Å². The van der Waals surface area contributed by atoms with Crippen molar-refractivity contribution in [3.63, 3.8) is 0 Å². The van der Waals surface area contributed by atoms with E-state index in [0.29, 0.717) is 73.0 Å². The molecule has 7 heterocycles. The van der Waals surface area contributed by atoms with Gasteiger partial charge in [0, 0.05) is 81.8 Å². The lowest BCUT2D eigenvalue weighted by Crippen LogP contribution is -2.42. The summed E-state index contributed by atoms with van der Waals surface area (Å²) in [6.07, 6.45) is 7.07. The highest BCUT2D eigenvalue weighted by molar-refractivity contribution is 6.27. The van der Waals surface area contributed by atoms with Crippen LogP contribution < -0.4 is 46.4 Å². The number of carbonyl (C=O) groups excluding carboxylic acids is 3. The van der Waals surface area contributed by atoms with E-state index in [1.807, 2.05) is 158 Å². The number of nitrogens with two attached hydrogens (primary N) is 1. The van der Waals surface area contributed by atoms with Crippen LogP contribution in [0, 0.1) is 23.7 Å². The monoisotopic (exact) mass is 1750 g/mol. The average molecular weight is 1760 g/mol. The number of halogens is 2. The minimum atomic E-state index is -0.471. The summed E-state index contributed by atoms with van der Waals surface area (Å²) in [4.78, 5) is 52.4. The number of hydrogen-bond acceptors (Lipinski definition) is 18.